The molecule has 0 saturated heterocycles. The van der Waals surface area contributed by atoms with Gasteiger partial charge >= 0.3 is 0 Å². The average Bonchev–Trinajstić information content (AvgIpc) is 3.13. The Balaban J connectivity index is 1.89. The van der Waals surface area contributed by atoms with E-state index in [0.717, 1.165) is 28.3 Å². The fourth-order valence-corrected chi connectivity index (χ4v) is 4.51. The van der Waals surface area contributed by atoms with Crippen molar-refractivity contribution in [2.24, 2.45) is 0 Å². The summed E-state index contributed by atoms with van der Waals surface area (Å²) in [6, 6.07) is 11.7. The molecule has 0 aliphatic carbocycles. The van der Waals surface area contributed by atoms with Crippen molar-refractivity contribution < 1.29 is 4.79 Å². The topological polar surface area (TPSA) is 63.1 Å². The van der Waals surface area contributed by atoms with Crippen LogP contribution in [0.25, 0.3) is 5.69 Å². The van der Waals surface area contributed by atoms with E-state index >= 15 is 0 Å². The molecule has 1 amide bonds. The zero-order valence-electron chi connectivity index (χ0n) is 19.6. The van der Waals surface area contributed by atoms with Gasteiger partial charge in [0.15, 0.2) is 11.0 Å². The third kappa shape index (κ3) is 5.34. The number of anilines is 1. The lowest BCUT2D eigenvalue weighted by molar-refractivity contribution is -0.115. The molecule has 2 atom stereocenters. The van der Waals surface area contributed by atoms with Crippen LogP contribution < -0.4 is 5.32 Å². The highest BCUT2D eigenvalue weighted by Crippen LogP contribution is 2.31. The Labute approximate surface area is 199 Å². The van der Waals surface area contributed by atoms with Gasteiger partial charge in [-0.2, -0.15) is 0 Å². The predicted molar refractivity (Wildman–Crippen MR) is 133 cm³/mol. The zero-order chi connectivity index (χ0) is 23.6. The largest absolute Gasteiger partial charge is 0.325 e. The van der Waals surface area contributed by atoms with E-state index in [4.69, 9.17) is 11.6 Å². The first-order chi connectivity index (χ1) is 15.1. The Kier molecular flexibility index (Phi) is 7.64. The summed E-state index contributed by atoms with van der Waals surface area (Å²) in [5.74, 6) is 0.732. The maximum absolute atomic E-state index is 13.0. The van der Waals surface area contributed by atoms with Crippen molar-refractivity contribution in [3.05, 3.63) is 63.9 Å². The van der Waals surface area contributed by atoms with Gasteiger partial charge in [-0.1, -0.05) is 41.1 Å². The fourth-order valence-electron chi connectivity index (χ4n) is 3.51. The highest BCUT2D eigenvalue weighted by Gasteiger charge is 2.25. The zero-order valence-corrected chi connectivity index (χ0v) is 21.2. The predicted octanol–water partition coefficient (Wildman–Crippen LogP) is 5.59. The van der Waals surface area contributed by atoms with E-state index in [-0.39, 0.29) is 17.2 Å². The standard InChI is InChI=1S/C24H30ClN5OS/c1-14-12-15(2)21(16(3)13-14)26-23(31)18(5)32-24-28-27-22(17(4)29(6)7)30(24)20-10-8-19(25)9-11-20/h8-13,17-18H,1-7H3,(H,26,31). The van der Waals surface area contributed by atoms with Gasteiger partial charge in [-0.25, -0.2) is 0 Å². The second-order valence-electron chi connectivity index (χ2n) is 8.32. The summed E-state index contributed by atoms with van der Waals surface area (Å²) in [6.45, 7) is 10.0. The lowest BCUT2D eigenvalue weighted by atomic mass is 10.1. The van der Waals surface area contributed by atoms with Gasteiger partial charge in [0.05, 0.1) is 11.3 Å². The van der Waals surface area contributed by atoms with E-state index in [1.165, 1.54) is 17.3 Å². The first-order valence-electron chi connectivity index (χ1n) is 10.5. The van der Waals surface area contributed by atoms with Crippen molar-refractivity contribution >= 4 is 35.0 Å². The molecule has 0 spiro atoms. The van der Waals surface area contributed by atoms with E-state index in [2.05, 4.69) is 46.4 Å². The summed E-state index contributed by atoms with van der Waals surface area (Å²) in [5, 5.41) is 12.9. The van der Waals surface area contributed by atoms with Crippen molar-refractivity contribution in [1.82, 2.24) is 19.7 Å². The summed E-state index contributed by atoms with van der Waals surface area (Å²) in [7, 11) is 4.00. The van der Waals surface area contributed by atoms with Crippen LogP contribution in [0.15, 0.2) is 41.6 Å². The number of thioether (sulfide) groups is 1. The lowest BCUT2D eigenvalue weighted by Gasteiger charge is -2.21. The van der Waals surface area contributed by atoms with E-state index in [0.29, 0.717) is 10.2 Å². The molecule has 3 aromatic rings. The molecule has 0 aliphatic heterocycles. The Morgan fingerprint density at radius 2 is 1.66 bits per heavy atom. The molecule has 0 saturated carbocycles. The van der Waals surface area contributed by atoms with Crippen LogP contribution in [0.5, 0.6) is 0 Å². The maximum atomic E-state index is 13.0. The first kappa shape index (κ1) is 24.3. The van der Waals surface area contributed by atoms with Gasteiger partial charge in [-0.3, -0.25) is 14.3 Å². The highest BCUT2D eigenvalue weighted by atomic mass is 35.5. The molecule has 0 aliphatic rings. The number of nitrogens with one attached hydrogen (secondary N) is 1. The quantitative estimate of drug-likeness (QED) is 0.455. The van der Waals surface area contributed by atoms with Gasteiger partial charge in [-0.05, 0) is 84.1 Å². The van der Waals surface area contributed by atoms with Crippen LogP contribution in [-0.4, -0.2) is 44.9 Å². The molecule has 2 aromatic carbocycles. The number of hydrogen-bond donors (Lipinski definition) is 1. The summed E-state index contributed by atoms with van der Waals surface area (Å²) in [4.78, 5) is 15.1. The van der Waals surface area contributed by atoms with E-state index in [1.807, 2.05) is 63.7 Å². The molecule has 0 fully saturated rings. The average molecular weight is 472 g/mol. The Hall–Kier alpha value is -2.35. The molecular weight excluding hydrogens is 442 g/mol. The lowest BCUT2D eigenvalue weighted by Crippen LogP contribution is -2.24. The molecule has 32 heavy (non-hydrogen) atoms. The molecule has 0 radical (unpaired) electrons. The minimum absolute atomic E-state index is 0.0366. The molecule has 1 aromatic heterocycles. The third-order valence-corrected chi connectivity index (χ3v) is 6.76. The fraction of sp³-hybridized carbons (Fsp3) is 0.375. The molecule has 1 N–H and O–H groups in total. The van der Waals surface area contributed by atoms with E-state index in [1.54, 1.807) is 0 Å². The smallest absolute Gasteiger partial charge is 0.237 e. The number of carbonyl (C=O) groups is 1. The Bertz CT molecular complexity index is 1090. The minimum Gasteiger partial charge on any atom is -0.325 e. The number of nitrogens with zero attached hydrogens (tertiary/aromatic N) is 4. The number of carbonyl (C=O) groups excluding carboxylic acids is 1. The number of rotatable bonds is 7. The van der Waals surface area contributed by atoms with Crippen LogP contribution in [0, 0.1) is 20.8 Å². The summed E-state index contributed by atoms with van der Waals surface area (Å²) in [6.07, 6.45) is 0. The molecule has 3 rings (SSSR count). The summed E-state index contributed by atoms with van der Waals surface area (Å²) in [5.41, 5.74) is 5.07. The number of halogens is 1. The van der Waals surface area contributed by atoms with E-state index < -0.39 is 0 Å². The van der Waals surface area contributed by atoms with Crippen LogP contribution in [-0.2, 0) is 4.79 Å². The number of aryl methyl sites for hydroxylation is 3. The molecule has 0 bridgehead atoms. The van der Waals surface area contributed by atoms with Crippen molar-refractivity contribution in [2.75, 3.05) is 19.4 Å². The van der Waals surface area contributed by atoms with Gasteiger partial charge in [0.2, 0.25) is 5.91 Å². The number of hydrogen-bond acceptors (Lipinski definition) is 5. The molecule has 170 valence electrons. The van der Waals surface area contributed by atoms with Crippen LogP contribution in [0.2, 0.25) is 5.02 Å². The second kappa shape index (κ2) is 10.1. The normalized spacial score (nSPS) is 13.3. The van der Waals surface area contributed by atoms with Gasteiger partial charge in [-0.15, -0.1) is 10.2 Å². The number of benzene rings is 2. The third-order valence-electron chi connectivity index (χ3n) is 5.47. The van der Waals surface area contributed by atoms with Crippen LogP contribution in [0.1, 0.15) is 42.4 Å². The van der Waals surface area contributed by atoms with Crippen molar-refractivity contribution in [3.8, 4) is 5.69 Å². The van der Waals surface area contributed by atoms with Crippen LogP contribution in [0.3, 0.4) is 0 Å². The molecule has 6 nitrogen and oxygen atoms in total. The van der Waals surface area contributed by atoms with Gasteiger partial charge < -0.3 is 5.32 Å². The minimum atomic E-state index is -0.368. The Morgan fingerprint density at radius 3 is 2.22 bits per heavy atom. The van der Waals surface area contributed by atoms with Crippen molar-refractivity contribution in [3.63, 3.8) is 0 Å². The molecule has 8 heteroatoms. The maximum Gasteiger partial charge on any atom is 0.237 e. The van der Waals surface area contributed by atoms with Gasteiger partial charge in [0, 0.05) is 16.4 Å². The number of aromatic nitrogens is 3. The summed E-state index contributed by atoms with van der Waals surface area (Å²) >= 11 is 7.48. The molecular formula is C24H30ClN5OS. The van der Waals surface area contributed by atoms with Crippen molar-refractivity contribution in [2.45, 2.75) is 51.1 Å². The number of amides is 1. The Morgan fingerprint density at radius 1 is 1.06 bits per heavy atom. The van der Waals surface area contributed by atoms with E-state index in [9.17, 15) is 4.79 Å². The second-order valence-corrected chi connectivity index (χ2v) is 10.1. The van der Waals surface area contributed by atoms with Crippen molar-refractivity contribution in [1.29, 1.82) is 0 Å². The SMILES string of the molecule is Cc1cc(C)c(NC(=O)C(C)Sc2nnc(C(C)N(C)C)n2-c2ccc(Cl)cc2)c(C)c1. The highest BCUT2D eigenvalue weighted by molar-refractivity contribution is 8.00. The molecule has 2 unspecified atom stereocenters. The van der Waals surface area contributed by atoms with Gasteiger partial charge in [0.25, 0.3) is 0 Å². The summed E-state index contributed by atoms with van der Waals surface area (Å²) < 4.78 is 2.00. The van der Waals surface area contributed by atoms with Gasteiger partial charge in [0.1, 0.15) is 0 Å². The first-order valence-corrected chi connectivity index (χ1v) is 11.8. The monoisotopic (exact) mass is 471 g/mol. The molecule has 1 heterocycles. The van der Waals surface area contributed by atoms with Crippen LogP contribution in [0.4, 0.5) is 5.69 Å². The van der Waals surface area contributed by atoms with Crippen LogP contribution >= 0.6 is 23.4 Å².